The Balaban J connectivity index is 1.77. The molecule has 0 aromatic carbocycles. The van der Waals surface area contributed by atoms with Gasteiger partial charge in [-0.05, 0) is 19.1 Å². The number of ether oxygens (including phenoxy) is 2. The highest BCUT2D eigenvalue weighted by molar-refractivity contribution is 5.95. The lowest BCUT2D eigenvalue weighted by atomic mass is 10.1. The molecule has 1 saturated heterocycles. The van der Waals surface area contributed by atoms with E-state index in [-0.39, 0.29) is 18.1 Å². The zero-order chi connectivity index (χ0) is 16.2. The third-order valence-corrected chi connectivity index (χ3v) is 3.79. The number of pyridine rings is 1. The van der Waals surface area contributed by atoms with Gasteiger partial charge in [0.2, 0.25) is 0 Å². The van der Waals surface area contributed by atoms with Gasteiger partial charge < -0.3 is 14.8 Å². The van der Waals surface area contributed by atoms with Gasteiger partial charge in [-0.3, -0.25) is 9.78 Å². The Morgan fingerprint density at radius 3 is 2.96 bits per heavy atom. The van der Waals surface area contributed by atoms with E-state index in [4.69, 9.17) is 9.47 Å². The number of carbonyl (C=O) groups is 1. The molecule has 0 aliphatic carbocycles. The van der Waals surface area contributed by atoms with E-state index in [1.807, 2.05) is 12.1 Å². The summed E-state index contributed by atoms with van der Waals surface area (Å²) in [5, 5.41) is 2.91. The van der Waals surface area contributed by atoms with Gasteiger partial charge in [-0.1, -0.05) is 0 Å². The van der Waals surface area contributed by atoms with Crippen LogP contribution in [0.5, 0.6) is 0 Å². The average Bonchev–Trinajstić information content (AvgIpc) is 3.02. The van der Waals surface area contributed by atoms with Crippen molar-refractivity contribution in [2.45, 2.75) is 19.1 Å². The van der Waals surface area contributed by atoms with Crippen LogP contribution < -0.4 is 5.32 Å². The summed E-state index contributed by atoms with van der Waals surface area (Å²) in [5.74, 6) is 0.323. The predicted octanol–water partition coefficient (Wildman–Crippen LogP) is 0.991. The number of nitrogens with zero attached hydrogens (tertiary/aromatic N) is 3. The molecule has 1 aliphatic rings. The summed E-state index contributed by atoms with van der Waals surface area (Å²) in [6, 6.07) is 3.53. The van der Waals surface area contributed by atoms with Crippen molar-refractivity contribution in [1.82, 2.24) is 20.3 Å². The standard InChI is InChI=1S/C16H18N4O3/c1-10-12(16(21)20-13-8-23-9-14(13)22-2)7-18-15(19-10)11-4-3-5-17-6-11/h3-7,13-14H,8-9H2,1-2H3,(H,20,21)/t13-,14-/m0/s1. The molecule has 1 aliphatic heterocycles. The normalized spacial score (nSPS) is 20.4. The number of hydrogen-bond donors (Lipinski definition) is 1. The number of rotatable bonds is 4. The minimum Gasteiger partial charge on any atom is -0.377 e. The molecule has 1 amide bonds. The first-order valence-electron chi connectivity index (χ1n) is 7.34. The van der Waals surface area contributed by atoms with Gasteiger partial charge in [-0.25, -0.2) is 9.97 Å². The summed E-state index contributed by atoms with van der Waals surface area (Å²) < 4.78 is 10.6. The van der Waals surface area contributed by atoms with E-state index < -0.39 is 0 Å². The van der Waals surface area contributed by atoms with Crippen LogP contribution in [0.4, 0.5) is 0 Å². The molecule has 2 atom stereocenters. The lowest BCUT2D eigenvalue weighted by molar-refractivity contribution is 0.0685. The first kappa shape index (κ1) is 15.5. The maximum Gasteiger partial charge on any atom is 0.255 e. The van der Waals surface area contributed by atoms with Gasteiger partial charge in [0.1, 0.15) is 6.10 Å². The Kier molecular flexibility index (Phi) is 4.59. The molecular weight excluding hydrogens is 296 g/mol. The Morgan fingerprint density at radius 2 is 2.26 bits per heavy atom. The summed E-state index contributed by atoms with van der Waals surface area (Å²) in [4.78, 5) is 25.1. The Bertz CT molecular complexity index is 693. The van der Waals surface area contributed by atoms with Crippen LogP contribution in [-0.4, -0.2) is 53.3 Å². The second-order valence-electron chi connectivity index (χ2n) is 5.33. The maximum atomic E-state index is 12.4. The number of nitrogens with one attached hydrogen (secondary N) is 1. The van der Waals surface area contributed by atoms with Crippen LogP contribution in [0.3, 0.4) is 0 Å². The molecule has 1 fully saturated rings. The minimum atomic E-state index is -0.224. The fraction of sp³-hybridized carbons (Fsp3) is 0.375. The van der Waals surface area contributed by atoms with Gasteiger partial charge >= 0.3 is 0 Å². The molecule has 120 valence electrons. The minimum absolute atomic E-state index is 0.130. The molecule has 2 aromatic heterocycles. The Labute approximate surface area is 134 Å². The van der Waals surface area contributed by atoms with Crippen molar-refractivity contribution in [3.8, 4) is 11.4 Å². The molecule has 0 unspecified atom stereocenters. The number of aromatic nitrogens is 3. The van der Waals surface area contributed by atoms with Crippen LogP contribution >= 0.6 is 0 Å². The van der Waals surface area contributed by atoms with Crippen LogP contribution in [0, 0.1) is 6.92 Å². The molecule has 23 heavy (non-hydrogen) atoms. The summed E-state index contributed by atoms with van der Waals surface area (Å²) in [6.07, 6.45) is 4.79. The van der Waals surface area contributed by atoms with E-state index in [9.17, 15) is 4.79 Å². The van der Waals surface area contributed by atoms with Crippen molar-refractivity contribution in [2.75, 3.05) is 20.3 Å². The third-order valence-electron chi connectivity index (χ3n) is 3.79. The molecule has 2 aromatic rings. The molecule has 3 rings (SSSR count). The third kappa shape index (κ3) is 3.35. The first-order valence-corrected chi connectivity index (χ1v) is 7.34. The van der Waals surface area contributed by atoms with Crippen molar-refractivity contribution >= 4 is 5.91 Å². The van der Waals surface area contributed by atoms with Gasteiger partial charge in [0, 0.05) is 31.3 Å². The molecule has 0 bridgehead atoms. The highest BCUT2D eigenvalue weighted by Crippen LogP contribution is 2.15. The van der Waals surface area contributed by atoms with Gasteiger partial charge in [0.15, 0.2) is 5.82 Å². The van der Waals surface area contributed by atoms with E-state index in [0.717, 1.165) is 5.56 Å². The van der Waals surface area contributed by atoms with E-state index in [0.29, 0.717) is 30.3 Å². The van der Waals surface area contributed by atoms with E-state index >= 15 is 0 Å². The summed E-state index contributed by atoms with van der Waals surface area (Å²) in [6.45, 7) is 2.71. The molecule has 1 N–H and O–H groups in total. The first-order chi connectivity index (χ1) is 11.2. The zero-order valence-electron chi connectivity index (χ0n) is 13.0. The van der Waals surface area contributed by atoms with Gasteiger partial charge in [0.25, 0.3) is 5.91 Å². The van der Waals surface area contributed by atoms with Crippen molar-refractivity contribution in [1.29, 1.82) is 0 Å². The summed E-state index contributed by atoms with van der Waals surface area (Å²) >= 11 is 0. The smallest absolute Gasteiger partial charge is 0.255 e. The molecular formula is C16H18N4O3. The lowest BCUT2D eigenvalue weighted by Gasteiger charge is -2.18. The number of aryl methyl sites for hydroxylation is 1. The summed E-state index contributed by atoms with van der Waals surface area (Å²) in [7, 11) is 1.61. The fourth-order valence-electron chi connectivity index (χ4n) is 2.47. The molecule has 0 spiro atoms. The van der Waals surface area contributed by atoms with Crippen molar-refractivity contribution in [3.63, 3.8) is 0 Å². The van der Waals surface area contributed by atoms with Gasteiger partial charge in [-0.2, -0.15) is 0 Å². The van der Waals surface area contributed by atoms with Crippen molar-refractivity contribution < 1.29 is 14.3 Å². The quantitative estimate of drug-likeness (QED) is 0.906. The van der Waals surface area contributed by atoms with Crippen molar-refractivity contribution in [3.05, 3.63) is 42.0 Å². The van der Waals surface area contributed by atoms with Crippen LogP contribution in [-0.2, 0) is 9.47 Å². The van der Waals surface area contributed by atoms with Crippen LogP contribution in [0.15, 0.2) is 30.7 Å². The number of amides is 1. The predicted molar refractivity (Wildman–Crippen MR) is 82.9 cm³/mol. The van der Waals surface area contributed by atoms with Crippen molar-refractivity contribution in [2.24, 2.45) is 0 Å². The monoisotopic (exact) mass is 314 g/mol. The molecule has 7 nitrogen and oxygen atoms in total. The van der Waals surface area contributed by atoms with Crippen LogP contribution in [0.25, 0.3) is 11.4 Å². The number of hydrogen-bond acceptors (Lipinski definition) is 6. The second-order valence-corrected chi connectivity index (χ2v) is 5.33. The lowest BCUT2D eigenvalue weighted by Crippen LogP contribution is -2.43. The maximum absolute atomic E-state index is 12.4. The van der Waals surface area contributed by atoms with Crippen LogP contribution in [0.1, 0.15) is 16.1 Å². The number of methoxy groups -OCH3 is 1. The Morgan fingerprint density at radius 1 is 1.39 bits per heavy atom. The highest BCUT2D eigenvalue weighted by Gasteiger charge is 2.30. The molecule has 0 saturated carbocycles. The summed E-state index contributed by atoms with van der Waals surface area (Å²) in [5.41, 5.74) is 1.87. The van der Waals surface area contributed by atoms with E-state index in [1.165, 1.54) is 6.20 Å². The molecule has 3 heterocycles. The number of carbonyl (C=O) groups excluding carboxylic acids is 1. The topological polar surface area (TPSA) is 86.2 Å². The van der Waals surface area contributed by atoms with Crippen LogP contribution in [0.2, 0.25) is 0 Å². The van der Waals surface area contributed by atoms with Gasteiger partial charge in [-0.15, -0.1) is 0 Å². The van der Waals surface area contributed by atoms with Gasteiger partial charge in [0.05, 0.1) is 30.5 Å². The largest absolute Gasteiger partial charge is 0.377 e. The van der Waals surface area contributed by atoms with E-state index in [2.05, 4.69) is 20.3 Å². The average molecular weight is 314 g/mol. The molecule has 7 heteroatoms. The second kappa shape index (κ2) is 6.80. The highest BCUT2D eigenvalue weighted by atomic mass is 16.5. The zero-order valence-corrected chi connectivity index (χ0v) is 13.0. The van der Waals surface area contributed by atoms with E-state index in [1.54, 1.807) is 26.4 Å². The molecule has 0 radical (unpaired) electrons. The SMILES string of the molecule is CO[C@H]1COC[C@@H]1NC(=O)c1cnc(-c2cccnc2)nc1C. The fourth-order valence-corrected chi connectivity index (χ4v) is 2.47. The Hall–Kier alpha value is -2.38.